The molecule has 0 aliphatic rings. The van der Waals surface area contributed by atoms with Gasteiger partial charge in [0, 0.05) is 12.0 Å². The Morgan fingerprint density at radius 3 is 2.06 bits per heavy atom. The summed E-state index contributed by atoms with van der Waals surface area (Å²) in [7, 11) is 4.37. The van der Waals surface area contributed by atoms with Gasteiger partial charge in [-0.05, 0) is 42.0 Å². The first-order chi connectivity index (χ1) is 17.5. The number of ether oxygens (including phenoxy) is 4. The highest BCUT2D eigenvalue weighted by molar-refractivity contribution is 7.80. The van der Waals surface area contributed by atoms with Crippen molar-refractivity contribution in [2.24, 2.45) is 0 Å². The maximum Gasteiger partial charge on any atom is 0.269 e. The fraction of sp³-hybridized carbons (Fsp3) is 0.192. The first-order valence-electron chi connectivity index (χ1n) is 10.9. The Morgan fingerprint density at radius 2 is 1.42 bits per heavy atom. The van der Waals surface area contributed by atoms with Crippen LogP contribution in [-0.2, 0) is 6.42 Å². The SMILES string of the molecule is COc1cc(C(=O)NNC(=S)NC(=O)c2ccccc2OCCc2ccccc2)cc(OC)c1OC. The van der Waals surface area contributed by atoms with Crippen LogP contribution in [0.1, 0.15) is 26.3 Å². The van der Waals surface area contributed by atoms with Crippen molar-refractivity contribution in [3.8, 4) is 23.0 Å². The number of hydrogen-bond acceptors (Lipinski definition) is 7. The number of hydrogen-bond donors (Lipinski definition) is 3. The van der Waals surface area contributed by atoms with E-state index in [4.69, 9.17) is 31.2 Å². The summed E-state index contributed by atoms with van der Waals surface area (Å²) in [6.07, 6.45) is 0.698. The molecule has 0 saturated carbocycles. The number of methoxy groups -OCH3 is 3. The molecule has 3 aromatic carbocycles. The molecular weight excluding hydrogens is 482 g/mol. The molecule has 36 heavy (non-hydrogen) atoms. The van der Waals surface area contributed by atoms with Crippen molar-refractivity contribution in [1.29, 1.82) is 0 Å². The Kier molecular flexibility index (Phi) is 9.47. The maximum absolute atomic E-state index is 12.8. The number of benzene rings is 3. The molecular formula is C26H27N3O6S. The lowest BCUT2D eigenvalue weighted by molar-refractivity contribution is 0.0933. The van der Waals surface area contributed by atoms with Gasteiger partial charge in [0.1, 0.15) is 5.75 Å². The van der Waals surface area contributed by atoms with Crippen LogP contribution in [0.2, 0.25) is 0 Å². The summed E-state index contributed by atoms with van der Waals surface area (Å²) in [5, 5.41) is 2.43. The fourth-order valence-corrected chi connectivity index (χ4v) is 3.45. The maximum atomic E-state index is 12.8. The normalized spacial score (nSPS) is 10.1. The van der Waals surface area contributed by atoms with Gasteiger partial charge in [0.2, 0.25) is 5.75 Å². The Balaban J connectivity index is 1.57. The molecule has 0 aliphatic carbocycles. The van der Waals surface area contributed by atoms with Crippen molar-refractivity contribution < 1.29 is 28.5 Å². The Bertz CT molecular complexity index is 1190. The standard InChI is InChI=1S/C26H27N3O6S/c1-32-21-15-18(16-22(33-2)23(21)34-3)24(30)28-29-26(36)27-25(31)19-11-7-8-12-20(19)35-14-13-17-9-5-4-6-10-17/h4-12,15-16H,13-14H2,1-3H3,(H,28,30)(H2,27,29,31,36). The van der Waals surface area contributed by atoms with Crippen LogP contribution in [0.25, 0.3) is 0 Å². The van der Waals surface area contributed by atoms with Gasteiger partial charge in [-0.1, -0.05) is 42.5 Å². The van der Waals surface area contributed by atoms with E-state index in [2.05, 4.69) is 16.2 Å². The van der Waals surface area contributed by atoms with Crippen molar-refractivity contribution in [2.45, 2.75) is 6.42 Å². The zero-order valence-corrected chi connectivity index (χ0v) is 20.9. The van der Waals surface area contributed by atoms with Crippen molar-refractivity contribution in [1.82, 2.24) is 16.2 Å². The van der Waals surface area contributed by atoms with Gasteiger partial charge in [0.15, 0.2) is 16.6 Å². The van der Waals surface area contributed by atoms with E-state index in [0.717, 1.165) is 5.56 Å². The van der Waals surface area contributed by atoms with Crippen molar-refractivity contribution in [3.05, 3.63) is 83.4 Å². The third kappa shape index (κ3) is 6.86. The molecule has 0 aliphatic heterocycles. The molecule has 0 saturated heterocycles. The summed E-state index contributed by atoms with van der Waals surface area (Å²) in [5.41, 5.74) is 6.62. The number of carbonyl (C=O) groups is 2. The van der Waals surface area contributed by atoms with Crippen LogP contribution in [-0.4, -0.2) is 44.9 Å². The second-order valence-corrected chi connectivity index (χ2v) is 7.76. The first-order valence-corrected chi connectivity index (χ1v) is 11.3. The van der Waals surface area contributed by atoms with Crippen LogP contribution in [0.15, 0.2) is 66.7 Å². The Morgan fingerprint density at radius 1 is 0.778 bits per heavy atom. The summed E-state index contributed by atoms with van der Waals surface area (Å²) < 4.78 is 21.6. The summed E-state index contributed by atoms with van der Waals surface area (Å²) >= 11 is 5.16. The second kappa shape index (κ2) is 13.0. The predicted octanol–water partition coefficient (Wildman–Crippen LogP) is 3.28. The van der Waals surface area contributed by atoms with Gasteiger partial charge < -0.3 is 18.9 Å². The van der Waals surface area contributed by atoms with Crippen molar-refractivity contribution in [3.63, 3.8) is 0 Å². The van der Waals surface area contributed by atoms with Gasteiger partial charge in [-0.15, -0.1) is 0 Å². The van der Waals surface area contributed by atoms with Gasteiger partial charge >= 0.3 is 0 Å². The van der Waals surface area contributed by atoms with Crippen LogP contribution < -0.4 is 35.1 Å². The van der Waals surface area contributed by atoms with E-state index in [-0.39, 0.29) is 10.7 Å². The molecule has 0 radical (unpaired) electrons. The molecule has 3 rings (SSSR count). The van der Waals surface area contributed by atoms with Crippen molar-refractivity contribution in [2.75, 3.05) is 27.9 Å². The minimum atomic E-state index is -0.532. The highest BCUT2D eigenvalue weighted by Gasteiger charge is 2.18. The van der Waals surface area contributed by atoms with Crippen LogP contribution in [0, 0.1) is 0 Å². The van der Waals surface area contributed by atoms with Gasteiger partial charge in [0.25, 0.3) is 11.8 Å². The Labute approximate surface area is 214 Å². The summed E-state index contributed by atoms with van der Waals surface area (Å²) in [6.45, 7) is 0.405. The van der Waals surface area contributed by atoms with E-state index in [9.17, 15) is 9.59 Å². The molecule has 0 fully saturated rings. The molecule has 0 unspecified atom stereocenters. The number of nitrogens with one attached hydrogen (secondary N) is 3. The van der Waals surface area contributed by atoms with Crippen LogP contribution in [0.3, 0.4) is 0 Å². The zero-order valence-electron chi connectivity index (χ0n) is 20.1. The molecule has 0 spiro atoms. The fourth-order valence-electron chi connectivity index (χ4n) is 3.30. The highest BCUT2D eigenvalue weighted by atomic mass is 32.1. The average molecular weight is 510 g/mol. The van der Waals surface area contributed by atoms with Gasteiger partial charge in [-0.3, -0.25) is 25.8 Å². The number of carbonyl (C=O) groups excluding carboxylic acids is 2. The number of hydrazine groups is 1. The number of amides is 2. The molecule has 0 bridgehead atoms. The molecule has 0 heterocycles. The molecule has 2 amide bonds. The molecule has 0 aromatic heterocycles. The van der Waals surface area contributed by atoms with Crippen LogP contribution in [0.5, 0.6) is 23.0 Å². The van der Waals surface area contributed by atoms with E-state index < -0.39 is 11.8 Å². The van der Waals surface area contributed by atoms with Gasteiger partial charge in [0.05, 0.1) is 33.5 Å². The van der Waals surface area contributed by atoms with E-state index >= 15 is 0 Å². The minimum absolute atomic E-state index is 0.0973. The monoisotopic (exact) mass is 509 g/mol. The van der Waals surface area contributed by atoms with Gasteiger partial charge in [-0.25, -0.2) is 0 Å². The lowest BCUT2D eigenvalue weighted by Gasteiger charge is -2.15. The molecule has 9 nitrogen and oxygen atoms in total. The third-order valence-corrected chi connectivity index (χ3v) is 5.27. The predicted molar refractivity (Wildman–Crippen MR) is 139 cm³/mol. The van der Waals surface area contributed by atoms with Gasteiger partial charge in [-0.2, -0.15) is 0 Å². The molecule has 10 heteroatoms. The quantitative estimate of drug-likeness (QED) is 0.298. The smallest absolute Gasteiger partial charge is 0.269 e. The average Bonchev–Trinajstić information content (AvgIpc) is 2.91. The lowest BCUT2D eigenvalue weighted by atomic mass is 10.1. The molecule has 0 atom stereocenters. The summed E-state index contributed by atoms with van der Waals surface area (Å²) in [6, 6.07) is 19.7. The van der Waals surface area contributed by atoms with Crippen LogP contribution >= 0.6 is 12.2 Å². The first kappa shape index (κ1) is 26.3. The number of thiocarbonyl (C=S) groups is 1. The second-order valence-electron chi connectivity index (χ2n) is 7.36. The minimum Gasteiger partial charge on any atom is -0.493 e. The molecule has 188 valence electrons. The van der Waals surface area contributed by atoms with E-state index in [1.54, 1.807) is 24.3 Å². The third-order valence-electron chi connectivity index (χ3n) is 5.07. The largest absolute Gasteiger partial charge is 0.493 e. The lowest BCUT2D eigenvalue weighted by Crippen LogP contribution is -2.48. The number of rotatable bonds is 9. The van der Waals surface area contributed by atoms with Crippen molar-refractivity contribution >= 4 is 29.1 Å². The summed E-state index contributed by atoms with van der Waals surface area (Å²) in [5.74, 6) is 0.413. The highest BCUT2D eigenvalue weighted by Crippen LogP contribution is 2.38. The topological polar surface area (TPSA) is 107 Å². The Hall–Kier alpha value is -4.31. The van der Waals surface area contributed by atoms with E-state index in [1.807, 2.05) is 30.3 Å². The molecule has 3 aromatic rings. The number of para-hydroxylation sites is 1. The van der Waals surface area contributed by atoms with E-state index in [1.165, 1.54) is 33.5 Å². The van der Waals surface area contributed by atoms with E-state index in [0.29, 0.717) is 41.6 Å². The molecule has 3 N–H and O–H groups in total. The summed E-state index contributed by atoms with van der Waals surface area (Å²) in [4.78, 5) is 25.4. The zero-order chi connectivity index (χ0) is 25.9. The van der Waals surface area contributed by atoms with Crippen LogP contribution in [0.4, 0.5) is 0 Å².